The van der Waals surface area contributed by atoms with Crippen molar-refractivity contribution in [3.8, 4) is 11.8 Å². The number of ether oxygens (including phenoxy) is 1. The van der Waals surface area contributed by atoms with E-state index in [4.69, 9.17) is 21.6 Å². The number of amides is 1. The molecule has 0 aliphatic heterocycles. The van der Waals surface area contributed by atoms with Crippen LogP contribution in [0.2, 0.25) is 5.02 Å². The second kappa shape index (κ2) is 7.52. The monoisotopic (exact) mass is 329 g/mol. The number of nitriles is 1. The van der Waals surface area contributed by atoms with Gasteiger partial charge in [0.2, 0.25) is 5.91 Å². The highest BCUT2D eigenvalue weighted by Gasteiger charge is 2.07. The second-order valence-corrected chi connectivity index (χ2v) is 5.31. The van der Waals surface area contributed by atoms with Crippen molar-refractivity contribution in [1.82, 2.24) is 0 Å². The summed E-state index contributed by atoms with van der Waals surface area (Å²) in [7, 11) is 1.55. The first-order valence-corrected chi connectivity index (χ1v) is 7.29. The van der Waals surface area contributed by atoms with Crippen molar-refractivity contribution in [2.24, 2.45) is 0 Å². The van der Waals surface area contributed by atoms with E-state index in [0.717, 1.165) is 5.56 Å². The molecule has 6 heteroatoms. The Balaban J connectivity index is 2.19. The lowest BCUT2D eigenvalue weighted by Gasteiger charge is -2.13. The molecule has 0 saturated heterocycles. The van der Waals surface area contributed by atoms with E-state index in [-0.39, 0.29) is 5.91 Å². The molecule has 23 heavy (non-hydrogen) atoms. The van der Waals surface area contributed by atoms with Crippen LogP contribution in [0.15, 0.2) is 36.4 Å². The highest BCUT2D eigenvalue weighted by molar-refractivity contribution is 6.30. The van der Waals surface area contributed by atoms with E-state index in [2.05, 4.69) is 16.7 Å². The molecule has 2 aromatic carbocycles. The summed E-state index contributed by atoms with van der Waals surface area (Å²) in [5, 5.41) is 15.6. The maximum Gasteiger partial charge on any atom is 0.221 e. The van der Waals surface area contributed by atoms with Crippen LogP contribution in [0.3, 0.4) is 0 Å². The summed E-state index contributed by atoms with van der Waals surface area (Å²) in [5.74, 6) is 0.416. The highest BCUT2D eigenvalue weighted by Crippen LogP contribution is 2.26. The Morgan fingerprint density at radius 3 is 2.70 bits per heavy atom. The molecule has 0 spiro atoms. The van der Waals surface area contributed by atoms with Crippen molar-refractivity contribution >= 4 is 28.9 Å². The van der Waals surface area contributed by atoms with E-state index in [1.54, 1.807) is 31.4 Å². The Bertz CT molecular complexity index is 769. The van der Waals surface area contributed by atoms with Crippen LogP contribution >= 0.6 is 11.6 Å². The molecule has 2 rings (SSSR count). The van der Waals surface area contributed by atoms with Gasteiger partial charge in [-0.05, 0) is 35.9 Å². The third kappa shape index (κ3) is 4.38. The SMILES string of the molecule is COc1ccc(CNc2cc(Cl)ccc2C#N)cc1NC(C)=O. The van der Waals surface area contributed by atoms with Crippen molar-refractivity contribution in [2.75, 3.05) is 17.7 Å². The Kier molecular flexibility index (Phi) is 5.45. The fourth-order valence-corrected chi connectivity index (χ4v) is 2.28. The lowest BCUT2D eigenvalue weighted by Crippen LogP contribution is -2.08. The maximum absolute atomic E-state index is 11.3. The predicted octanol–water partition coefficient (Wildman–Crippen LogP) is 3.79. The molecule has 5 nitrogen and oxygen atoms in total. The second-order valence-electron chi connectivity index (χ2n) is 4.87. The third-order valence-electron chi connectivity index (χ3n) is 3.16. The molecule has 0 unspecified atom stereocenters. The maximum atomic E-state index is 11.3. The van der Waals surface area contributed by atoms with Gasteiger partial charge in [0.25, 0.3) is 0 Å². The molecule has 0 bridgehead atoms. The van der Waals surface area contributed by atoms with Gasteiger partial charge in [-0.2, -0.15) is 5.26 Å². The Labute approximate surface area is 139 Å². The lowest BCUT2D eigenvalue weighted by molar-refractivity contribution is -0.114. The molecule has 0 aliphatic rings. The normalized spacial score (nSPS) is 9.83. The smallest absolute Gasteiger partial charge is 0.221 e. The Hall–Kier alpha value is -2.71. The summed E-state index contributed by atoms with van der Waals surface area (Å²) < 4.78 is 5.22. The number of hydrogen-bond donors (Lipinski definition) is 2. The summed E-state index contributed by atoms with van der Waals surface area (Å²) >= 11 is 5.96. The zero-order valence-electron chi connectivity index (χ0n) is 12.8. The molecule has 0 saturated carbocycles. The van der Waals surface area contributed by atoms with Crippen LogP contribution < -0.4 is 15.4 Å². The van der Waals surface area contributed by atoms with Crippen LogP contribution in [-0.4, -0.2) is 13.0 Å². The number of nitrogens with one attached hydrogen (secondary N) is 2. The van der Waals surface area contributed by atoms with Gasteiger partial charge in [0.15, 0.2) is 0 Å². The summed E-state index contributed by atoms with van der Waals surface area (Å²) in [6.45, 7) is 1.92. The number of anilines is 2. The van der Waals surface area contributed by atoms with E-state index < -0.39 is 0 Å². The van der Waals surface area contributed by atoms with Gasteiger partial charge in [-0.3, -0.25) is 4.79 Å². The van der Waals surface area contributed by atoms with Crippen molar-refractivity contribution < 1.29 is 9.53 Å². The van der Waals surface area contributed by atoms with E-state index in [1.165, 1.54) is 6.92 Å². The largest absolute Gasteiger partial charge is 0.495 e. The number of benzene rings is 2. The molecule has 118 valence electrons. The molecule has 1 amide bonds. The fourth-order valence-electron chi connectivity index (χ4n) is 2.11. The Morgan fingerprint density at radius 2 is 2.04 bits per heavy atom. The van der Waals surface area contributed by atoms with Crippen LogP contribution in [0.4, 0.5) is 11.4 Å². The average Bonchev–Trinajstić information content (AvgIpc) is 2.52. The van der Waals surface area contributed by atoms with Crippen LogP contribution in [0.5, 0.6) is 5.75 Å². The number of methoxy groups -OCH3 is 1. The summed E-state index contributed by atoms with van der Waals surface area (Å²) in [6, 6.07) is 12.7. The number of rotatable bonds is 5. The minimum absolute atomic E-state index is 0.171. The predicted molar refractivity (Wildman–Crippen MR) is 90.8 cm³/mol. The molecule has 2 aromatic rings. The molecule has 0 aromatic heterocycles. The number of halogens is 1. The third-order valence-corrected chi connectivity index (χ3v) is 3.39. The zero-order valence-corrected chi connectivity index (χ0v) is 13.6. The summed E-state index contributed by atoms with van der Waals surface area (Å²) in [5.41, 5.74) is 2.71. The van der Waals surface area contributed by atoms with Crippen LogP contribution in [0.25, 0.3) is 0 Å². The molecule has 0 radical (unpaired) electrons. The number of nitrogens with zero attached hydrogens (tertiary/aromatic N) is 1. The molecule has 2 N–H and O–H groups in total. The van der Waals surface area contributed by atoms with E-state index >= 15 is 0 Å². The van der Waals surface area contributed by atoms with E-state index in [9.17, 15) is 4.79 Å². The van der Waals surface area contributed by atoms with Gasteiger partial charge in [0.05, 0.1) is 24.0 Å². The molecule has 0 atom stereocenters. The van der Waals surface area contributed by atoms with Crippen molar-refractivity contribution in [1.29, 1.82) is 5.26 Å². The molecule has 0 aliphatic carbocycles. The molecule has 0 heterocycles. The fraction of sp³-hybridized carbons (Fsp3) is 0.176. The highest BCUT2D eigenvalue weighted by atomic mass is 35.5. The minimum atomic E-state index is -0.171. The first-order chi connectivity index (χ1) is 11.0. The Morgan fingerprint density at radius 1 is 1.26 bits per heavy atom. The average molecular weight is 330 g/mol. The summed E-state index contributed by atoms with van der Waals surface area (Å²) in [4.78, 5) is 11.3. The van der Waals surface area contributed by atoms with Gasteiger partial charge in [0, 0.05) is 18.5 Å². The van der Waals surface area contributed by atoms with Crippen LogP contribution in [0, 0.1) is 11.3 Å². The lowest BCUT2D eigenvalue weighted by atomic mass is 10.1. The van der Waals surface area contributed by atoms with Crippen molar-refractivity contribution in [2.45, 2.75) is 13.5 Å². The van der Waals surface area contributed by atoms with Crippen molar-refractivity contribution in [3.63, 3.8) is 0 Å². The van der Waals surface area contributed by atoms with Gasteiger partial charge >= 0.3 is 0 Å². The van der Waals surface area contributed by atoms with Gasteiger partial charge in [-0.15, -0.1) is 0 Å². The zero-order chi connectivity index (χ0) is 16.8. The topological polar surface area (TPSA) is 74.2 Å². The van der Waals surface area contributed by atoms with Gasteiger partial charge in [-0.25, -0.2) is 0 Å². The number of carbonyl (C=O) groups excluding carboxylic acids is 1. The van der Waals surface area contributed by atoms with Crippen LogP contribution in [0.1, 0.15) is 18.1 Å². The van der Waals surface area contributed by atoms with Gasteiger partial charge in [-0.1, -0.05) is 17.7 Å². The van der Waals surface area contributed by atoms with Gasteiger partial charge < -0.3 is 15.4 Å². The molecule has 0 fully saturated rings. The minimum Gasteiger partial charge on any atom is -0.495 e. The van der Waals surface area contributed by atoms with Crippen molar-refractivity contribution in [3.05, 3.63) is 52.5 Å². The first kappa shape index (κ1) is 16.7. The van der Waals surface area contributed by atoms with E-state index in [0.29, 0.717) is 34.3 Å². The first-order valence-electron chi connectivity index (χ1n) is 6.91. The number of carbonyl (C=O) groups is 1. The molecular weight excluding hydrogens is 314 g/mol. The standard InChI is InChI=1S/C17H16ClN3O2/c1-11(22)21-16-7-12(3-6-17(16)23-2)10-20-15-8-14(18)5-4-13(15)9-19/h3-8,20H,10H2,1-2H3,(H,21,22). The molecular formula is C17H16ClN3O2. The number of hydrogen-bond acceptors (Lipinski definition) is 4. The van der Waals surface area contributed by atoms with E-state index in [1.807, 2.05) is 12.1 Å². The van der Waals surface area contributed by atoms with Gasteiger partial charge in [0.1, 0.15) is 11.8 Å². The summed E-state index contributed by atoms with van der Waals surface area (Å²) in [6.07, 6.45) is 0. The quantitative estimate of drug-likeness (QED) is 0.875. The van der Waals surface area contributed by atoms with Crippen LogP contribution in [-0.2, 0) is 11.3 Å².